The summed E-state index contributed by atoms with van der Waals surface area (Å²) in [5.41, 5.74) is 6.55. The summed E-state index contributed by atoms with van der Waals surface area (Å²) in [4.78, 5) is 17.2. The number of aromatic nitrogens is 3. The third kappa shape index (κ3) is 3.39. The van der Waals surface area contributed by atoms with Crippen molar-refractivity contribution in [3.8, 4) is 17.1 Å². The standard InChI is InChI=1S/C21H19ClF2N6OS/c1-29-5-7-30(8-6-29)19-11-9-12(22)14(15(24)16(11)27-21(28-19)31-2)10-3-4-13(23)18-17(10)26-20(25)32-18/h3-4,9H,5-8H2,1-2H3,(H2,25,26). The fraction of sp³-hybridized carbons (Fsp3) is 0.286. The number of rotatable bonds is 3. The van der Waals surface area contributed by atoms with Gasteiger partial charge in [0.05, 0.1) is 22.3 Å². The Labute approximate surface area is 191 Å². The van der Waals surface area contributed by atoms with Gasteiger partial charge >= 0.3 is 6.01 Å². The number of anilines is 2. The van der Waals surface area contributed by atoms with Crippen LogP contribution in [0.4, 0.5) is 19.7 Å². The number of hydrogen-bond acceptors (Lipinski definition) is 8. The number of thiazole rings is 1. The Morgan fingerprint density at radius 1 is 1.09 bits per heavy atom. The molecular weight excluding hydrogens is 458 g/mol. The molecule has 7 nitrogen and oxygen atoms in total. The predicted molar refractivity (Wildman–Crippen MR) is 124 cm³/mol. The second-order valence-corrected chi connectivity index (χ2v) is 9.03. The molecule has 0 amide bonds. The summed E-state index contributed by atoms with van der Waals surface area (Å²) in [6.07, 6.45) is 0. The topological polar surface area (TPSA) is 80.4 Å². The highest BCUT2D eigenvalue weighted by Gasteiger charge is 2.25. The van der Waals surface area contributed by atoms with E-state index in [0.717, 1.165) is 37.5 Å². The van der Waals surface area contributed by atoms with Gasteiger partial charge in [-0.05, 0) is 25.2 Å². The van der Waals surface area contributed by atoms with Crippen molar-refractivity contribution in [1.82, 2.24) is 19.9 Å². The summed E-state index contributed by atoms with van der Waals surface area (Å²) in [6.45, 7) is 3.15. The molecule has 5 rings (SSSR count). The number of hydrogen-bond donors (Lipinski definition) is 1. The molecule has 1 aliphatic heterocycles. The summed E-state index contributed by atoms with van der Waals surface area (Å²) in [7, 11) is 3.48. The molecule has 1 fully saturated rings. The maximum atomic E-state index is 16.0. The molecule has 1 saturated heterocycles. The molecule has 11 heteroatoms. The number of nitrogens with two attached hydrogens (primary N) is 1. The zero-order valence-electron chi connectivity index (χ0n) is 17.3. The Balaban J connectivity index is 1.76. The van der Waals surface area contributed by atoms with Gasteiger partial charge in [-0.1, -0.05) is 22.9 Å². The first-order chi connectivity index (χ1) is 15.4. The first-order valence-corrected chi connectivity index (χ1v) is 11.1. The lowest BCUT2D eigenvalue weighted by Crippen LogP contribution is -2.45. The van der Waals surface area contributed by atoms with E-state index in [0.29, 0.717) is 16.8 Å². The zero-order valence-corrected chi connectivity index (χ0v) is 18.9. The molecule has 0 atom stereocenters. The van der Waals surface area contributed by atoms with Crippen molar-refractivity contribution in [2.24, 2.45) is 0 Å². The van der Waals surface area contributed by atoms with E-state index < -0.39 is 11.6 Å². The van der Waals surface area contributed by atoms with Crippen LogP contribution < -0.4 is 15.4 Å². The number of nitrogen functional groups attached to an aromatic ring is 1. The van der Waals surface area contributed by atoms with Gasteiger partial charge < -0.3 is 20.3 Å². The first-order valence-electron chi connectivity index (χ1n) is 9.89. The lowest BCUT2D eigenvalue weighted by molar-refractivity contribution is 0.311. The van der Waals surface area contributed by atoms with E-state index >= 15 is 4.39 Å². The Bertz CT molecular complexity index is 1360. The summed E-state index contributed by atoms with van der Waals surface area (Å²) in [5, 5.41) is 0.821. The van der Waals surface area contributed by atoms with Gasteiger partial charge in [0.15, 0.2) is 10.9 Å². The van der Waals surface area contributed by atoms with E-state index in [2.05, 4.69) is 24.8 Å². The minimum Gasteiger partial charge on any atom is -0.467 e. The molecule has 1 aliphatic rings. The smallest absolute Gasteiger partial charge is 0.318 e. The molecule has 0 spiro atoms. The third-order valence-corrected chi connectivity index (χ3v) is 6.80. The van der Waals surface area contributed by atoms with E-state index in [4.69, 9.17) is 22.1 Å². The maximum Gasteiger partial charge on any atom is 0.318 e. The molecule has 2 N–H and O–H groups in total. The summed E-state index contributed by atoms with van der Waals surface area (Å²) in [6, 6.07) is 4.41. The molecule has 0 aliphatic carbocycles. The molecule has 0 saturated carbocycles. The van der Waals surface area contributed by atoms with Gasteiger partial charge in [-0.2, -0.15) is 9.97 Å². The number of piperazine rings is 1. The van der Waals surface area contributed by atoms with Gasteiger partial charge in [-0.15, -0.1) is 0 Å². The van der Waals surface area contributed by atoms with Crippen LogP contribution in [0.3, 0.4) is 0 Å². The van der Waals surface area contributed by atoms with Gasteiger partial charge in [0.25, 0.3) is 0 Å². The van der Waals surface area contributed by atoms with Gasteiger partial charge in [0, 0.05) is 42.7 Å². The van der Waals surface area contributed by atoms with Crippen molar-refractivity contribution < 1.29 is 13.5 Å². The quantitative estimate of drug-likeness (QED) is 0.475. The fourth-order valence-electron chi connectivity index (χ4n) is 3.95. The van der Waals surface area contributed by atoms with Gasteiger partial charge in [-0.25, -0.2) is 13.8 Å². The number of methoxy groups -OCH3 is 1. The number of nitrogens with zero attached hydrogens (tertiary/aromatic N) is 5. The number of fused-ring (bicyclic) bond motifs is 2. The van der Waals surface area contributed by atoms with Crippen LogP contribution in [0, 0.1) is 11.6 Å². The molecule has 166 valence electrons. The third-order valence-electron chi connectivity index (χ3n) is 5.61. The van der Waals surface area contributed by atoms with Crippen LogP contribution in [0.15, 0.2) is 18.2 Å². The second-order valence-electron chi connectivity index (χ2n) is 7.59. The Morgan fingerprint density at radius 3 is 2.56 bits per heavy atom. The van der Waals surface area contributed by atoms with Crippen molar-refractivity contribution in [3.63, 3.8) is 0 Å². The molecule has 3 heterocycles. The van der Waals surface area contributed by atoms with Crippen LogP contribution in [-0.4, -0.2) is 60.2 Å². The number of halogens is 3. The normalized spacial score (nSPS) is 15.1. The minimum absolute atomic E-state index is 0.0563. The van der Waals surface area contributed by atoms with Gasteiger partial charge in [0.2, 0.25) is 0 Å². The van der Waals surface area contributed by atoms with Crippen LogP contribution in [0.1, 0.15) is 0 Å². The highest BCUT2D eigenvalue weighted by atomic mass is 35.5. The summed E-state index contributed by atoms with van der Waals surface area (Å²) >= 11 is 7.60. The monoisotopic (exact) mass is 476 g/mol. The van der Waals surface area contributed by atoms with E-state index in [1.165, 1.54) is 19.2 Å². The highest BCUT2D eigenvalue weighted by molar-refractivity contribution is 7.22. The second kappa shape index (κ2) is 7.95. The van der Waals surface area contributed by atoms with Crippen molar-refractivity contribution in [1.29, 1.82) is 0 Å². The molecule has 0 bridgehead atoms. The Kier molecular flexibility index (Phi) is 5.23. The average Bonchev–Trinajstić information content (AvgIpc) is 3.18. The number of ether oxygens (including phenoxy) is 1. The summed E-state index contributed by atoms with van der Waals surface area (Å²) < 4.78 is 35.8. The van der Waals surface area contributed by atoms with Crippen LogP contribution in [-0.2, 0) is 0 Å². The number of benzene rings is 2. The summed E-state index contributed by atoms with van der Waals surface area (Å²) in [5.74, 6) is -0.561. The van der Waals surface area contributed by atoms with E-state index in [-0.39, 0.29) is 37.5 Å². The van der Waals surface area contributed by atoms with Crippen LogP contribution in [0.2, 0.25) is 5.02 Å². The Morgan fingerprint density at radius 2 is 1.84 bits per heavy atom. The van der Waals surface area contributed by atoms with Crippen LogP contribution in [0.25, 0.3) is 32.2 Å². The lowest BCUT2D eigenvalue weighted by atomic mass is 10.0. The van der Waals surface area contributed by atoms with Gasteiger partial charge in [0.1, 0.15) is 17.2 Å². The van der Waals surface area contributed by atoms with E-state index in [1.807, 2.05) is 7.05 Å². The van der Waals surface area contributed by atoms with E-state index in [1.54, 1.807) is 6.07 Å². The fourth-order valence-corrected chi connectivity index (χ4v) is 5.01. The van der Waals surface area contributed by atoms with Crippen LogP contribution >= 0.6 is 22.9 Å². The van der Waals surface area contributed by atoms with Crippen molar-refractivity contribution in [2.75, 3.05) is 51.0 Å². The first kappa shape index (κ1) is 21.0. The van der Waals surface area contributed by atoms with E-state index in [9.17, 15) is 4.39 Å². The highest BCUT2D eigenvalue weighted by Crippen LogP contribution is 2.42. The maximum absolute atomic E-state index is 16.0. The average molecular weight is 477 g/mol. The van der Waals surface area contributed by atoms with Gasteiger partial charge in [-0.3, -0.25) is 0 Å². The Hall–Kier alpha value is -2.82. The molecule has 2 aromatic heterocycles. The molecule has 2 aromatic carbocycles. The SMILES string of the molecule is COc1nc(N2CCN(C)CC2)c2cc(Cl)c(-c3ccc(F)c4sc(N)nc34)c(F)c2n1. The van der Waals surface area contributed by atoms with Crippen molar-refractivity contribution in [3.05, 3.63) is 34.9 Å². The molecule has 32 heavy (non-hydrogen) atoms. The minimum atomic E-state index is -0.650. The van der Waals surface area contributed by atoms with Crippen molar-refractivity contribution in [2.45, 2.75) is 0 Å². The molecule has 4 aromatic rings. The molecule has 0 radical (unpaired) electrons. The lowest BCUT2D eigenvalue weighted by Gasteiger charge is -2.33. The zero-order chi connectivity index (χ0) is 22.6. The van der Waals surface area contributed by atoms with Crippen LogP contribution in [0.5, 0.6) is 6.01 Å². The molecular formula is C21H19ClF2N6OS. The number of likely N-dealkylation sites (N-methyl/N-ethyl adjacent to an activating group) is 1. The van der Waals surface area contributed by atoms with Crippen molar-refractivity contribution >= 4 is 55.0 Å². The molecule has 0 unspecified atom stereocenters. The largest absolute Gasteiger partial charge is 0.467 e. The predicted octanol–water partition coefficient (Wildman–Crippen LogP) is 4.18.